The topological polar surface area (TPSA) is 0 Å². The Morgan fingerprint density at radius 2 is 1.00 bits per heavy atom. The van der Waals surface area contributed by atoms with Crippen LogP contribution in [0.3, 0.4) is 0 Å². The van der Waals surface area contributed by atoms with Crippen LogP contribution in [0.5, 0.6) is 0 Å². The molecule has 1 unspecified atom stereocenters. The van der Waals surface area contributed by atoms with Gasteiger partial charge in [-0.15, -0.1) is 0 Å². The monoisotopic (exact) mass is 308 g/mol. The van der Waals surface area contributed by atoms with Crippen molar-refractivity contribution in [3.8, 4) is 11.1 Å². The van der Waals surface area contributed by atoms with Gasteiger partial charge >= 0.3 is 0 Å². The van der Waals surface area contributed by atoms with E-state index in [1.165, 1.54) is 16.7 Å². The van der Waals surface area contributed by atoms with Gasteiger partial charge in [0.25, 0.3) is 0 Å². The van der Waals surface area contributed by atoms with Gasteiger partial charge in [0.05, 0.1) is 0 Å². The molecule has 0 spiro atoms. The van der Waals surface area contributed by atoms with Crippen LogP contribution < -0.4 is 0 Å². The smallest absolute Gasteiger partial charge is 0 e. The van der Waals surface area contributed by atoms with Crippen LogP contribution in [0, 0.1) is 0 Å². The molecule has 0 N–H and O–H groups in total. The Kier molecular flexibility index (Phi) is 13.1. The van der Waals surface area contributed by atoms with Crippen molar-refractivity contribution in [3.05, 3.63) is 72.8 Å². The van der Waals surface area contributed by atoms with Crippen molar-refractivity contribution in [2.24, 2.45) is 0 Å². The molecule has 0 fully saturated rings. The van der Waals surface area contributed by atoms with Gasteiger partial charge in [0.1, 0.15) is 0 Å². The van der Waals surface area contributed by atoms with E-state index in [1.807, 2.05) is 12.1 Å². The Hall–Kier alpha value is -0.606. The fourth-order valence-electron chi connectivity index (χ4n) is 1.26. The average Bonchev–Trinajstić information content (AvgIpc) is 2.32. The molecular formula is C14H16ClNiP. The summed E-state index contributed by atoms with van der Waals surface area (Å²) in [7, 11) is 0. The van der Waals surface area contributed by atoms with Crippen LogP contribution in [0.15, 0.2) is 72.8 Å². The predicted molar refractivity (Wildman–Crippen MR) is 79.0 cm³/mol. The van der Waals surface area contributed by atoms with Gasteiger partial charge in [-0.1, -0.05) is 78.8 Å². The van der Waals surface area contributed by atoms with Gasteiger partial charge in [-0.2, -0.15) is 9.90 Å². The van der Waals surface area contributed by atoms with Crippen molar-refractivity contribution in [2.75, 3.05) is 0 Å². The molecule has 2 rings (SSSR count). The van der Waals surface area contributed by atoms with Crippen molar-refractivity contribution < 1.29 is 16.5 Å². The third kappa shape index (κ3) is 7.34. The Balaban J connectivity index is 0. The Labute approximate surface area is 122 Å². The first kappa shape index (κ1) is 18.8. The third-order valence-corrected chi connectivity index (χ3v) is 1.88. The normalized spacial score (nSPS) is 7.59. The van der Waals surface area contributed by atoms with Crippen molar-refractivity contribution in [1.29, 1.82) is 0 Å². The molecule has 0 radical (unpaired) electrons. The molecule has 0 aliphatic heterocycles. The first-order chi connectivity index (χ1) is 7.38. The zero-order valence-corrected chi connectivity index (χ0v) is 12.6. The number of benzene rings is 2. The van der Waals surface area contributed by atoms with Gasteiger partial charge in [0, 0.05) is 16.5 Å². The Morgan fingerprint density at radius 3 is 1.24 bits per heavy atom. The molecule has 0 nitrogen and oxygen atoms in total. The molecule has 1 atom stereocenters. The summed E-state index contributed by atoms with van der Waals surface area (Å²) < 4.78 is 0. The van der Waals surface area contributed by atoms with Crippen molar-refractivity contribution in [1.82, 2.24) is 0 Å². The third-order valence-electron chi connectivity index (χ3n) is 1.88. The standard InChI is InChI=1S/C12H10.C2H3Cl.Ni.H3P/c1-3-7-11(8-4-1)12-9-5-2-6-10-12;1-2-3;;/h1-10H;2H,1H2;;1H3. The first-order valence-electron chi connectivity index (χ1n) is 4.70. The molecule has 2 aromatic rings. The fourth-order valence-corrected chi connectivity index (χ4v) is 1.26. The van der Waals surface area contributed by atoms with E-state index >= 15 is 0 Å². The number of hydrogen-bond acceptors (Lipinski definition) is 0. The van der Waals surface area contributed by atoms with Crippen LogP contribution in [0.25, 0.3) is 11.1 Å². The first-order valence-corrected chi connectivity index (χ1v) is 5.13. The Bertz CT molecular complexity index is 352. The maximum Gasteiger partial charge on any atom is 0 e. The van der Waals surface area contributed by atoms with E-state index in [0.29, 0.717) is 0 Å². The zero-order valence-electron chi connectivity index (χ0n) is 9.46. The summed E-state index contributed by atoms with van der Waals surface area (Å²) in [5, 5.41) is 0. The van der Waals surface area contributed by atoms with Crippen LogP contribution >= 0.6 is 21.5 Å². The minimum atomic E-state index is 0. The largest absolute Gasteiger partial charge is 0.153 e. The number of halogens is 1. The van der Waals surface area contributed by atoms with Gasteiger partial charge in [-0.3, -0.25) is 0 Å². The van der Waals surface area contributed by atoms with Crippen LogP contribution in [-0.2, 0) is 16.5 Å². The van der Waals surface area contributed by atoms with Crippen LogP contribution in [0.4, 0.5) is 0 Å². The molecule has 17 heavy (non-hydrogen) atoms. The SMILES string of the molecule is C=CCl.P.[Ni].c1ccc(-c2ccccc2)cc1. The van der Waals surface area contributed by atoms with E-state index in [1.54, 1.807) is 0 Å². The molecule has 0 amide bonds. The molecule has 0 saturated heterocycles. The second kappa shape index (κ2) is 11.9. The summed E-state index contributed by atoms with van der Waals surface area (Å²) in [4.78, 5) is 0. The van der Waals surface area contributed by atoms with Crippen LogP contribution in [0.2, 0.25) is 0 Å². The molecular weight excluding hydrogens is 293 g/mol. The van der Waals surface area contributed by atoms with Gasteiger partial charge in [-0.25, -0.2) is 0 Å². The number of hydrogen-bond donors (Lipinski definition) is 0. The molecule has 3 heteroatoms. The fraction of sp³-hybridized carbons (Fsp3) is 0. The van der Waals surface area contributed by atoms with Crippen molar-refractivity contribution >= 4 is 21.5 Å². The van der Waals surface area contributed by atoms with Gasteiger partial charge < -0.3 is 0 Å². The zero-order chi connectivity index (χ0) is 10.9. The Morgan fingerprint density at radius 1 is 0.765 bits per heavy atom. The summed E-state index contributed by atoms with van der Waals surface area (Å²) in [5.41, 5.74) is 3.77. The molecule has 2 aromatic carbocycles. The van der Waals surface area contributed by atoms with E-state index in [0.717, 1.165) is 0 Å². The van der Waals surface area contributed by atoms with E-state index < -0.39 is 0 Å². The van der Waals surface area contributed by atoms with Crippen LogP contribution in [0.1, 0.15) is 0 Å². The quantitative estimate of drug-likeness (QED) is 0.525. The average molecular weight is 309 g/mol. The summed E-state index contributed by atoms with van der Waals surface area (Å²) in [6.07, 6.45) is 0. The van der Waals surface area contributed by atoms with Crippen molar-refractivity contribution in [3.63, 3.8) is 0 Å². The van der Waals surface area contributed by atoms with Crippen molar-refractivity contribution in [2.45, 2.75) is 0 Å². The molecule has 0 saturated carbocycles. The summed E-state index contributed by atoms with van der Waals surface area (Å²) in [5.74, 6) is 0. The summed E-state index contributed by atoms with van der Waals surface area (Å²) in [6, 6.07) is 20.8. The number of rotatable bonds is 1. The molecule has 0 aromatic heterocycles. The maximum absolute atomic E-state index is 4.76. The molecule has 0 aliphatic rings. The second-order valence-electron chi connectivity index (χ2n) is 2.89. The minimum Gasteiger partial charge on any atom is -0.153 e. The minimum absolute atomic E-state index is 0. The molecule has 0 aliphatic carbocycles. The van der Waals surface area contributed by atoms with Crippen LogP contribution in [-0.4, -0.2) is 0 Å². The van der Waals surface area contributed by atoms with Gasteiger partial charge in [0.15, 0.2) is 0 Å². The molecule has 0 bridgehead atoms. The van der Waals surface area contributed by atoms with E-state index in [9.17, 15) is 0 Å². The van der Waals surface area contributed by atoms with Gasteiger partial charge in [-0.05, 0) is 16.7 Å². The summed E-state index contributed by atoms with van der Waals surface area (Å²) in [6.45, 7) is 3.13. The predicted octanol–water partition coefficient (Wildman–Crippen LogP) is 4.78. The van der Waals surface area contributed by atoms with E-state index in [4.69, 9.17) is 11.6 Å². The molecule has 0 heterocycles. The van der Waals surface area contributed by atoms with Gasteiger partial charge in [0.2, 0.25) is 0 Å². The second-order valence-corrected chi connectivity index (χ2v) is 3.19. The van der Waals surface area contributed by atoms with E-state index in [2.05, 4.69) is 55.1 Å². The maximum atomic E-state index is 4.76. The van der Waals surface area contributed by atoms with E-state index in [-0.39, 0.29) is 26.4 Å². The molecule has 94 valence electrons. The summed E-state index contributed by atoms with van der Waals surface area (Å²) >= 11 is 4.76.